The van der Waals surface area contributed by atoms with Gasteiger partial charge < -0.3 is 15.0 Å². The third-order valence-electron chi connectivity index (χ3n) is 4.75. The summed E-state index contributed by atoms with van der Waals surface area (Å²) in [4.78, 5) is 14.4. The van der Waals surface area contributed by atoms with Crippen LogP contribution in [0.2, 0.25) is 0 Å². The van der Waals surface area contributed by atoms with Crippen LogP contribution in [-0.4, -0.2) is 30.2 Å². The maximum atomic E-state index is 12.4. The van der Waals surface area contributed by atoms with Crippen LogP contribution < -0.4 is 10.1 Å². The zero-order valence-electron chi connectivity index (χ0n) is 15.8. The van der Waals surface area contributed by atoms with Crippen molar-refractivity contribution in [3.05, 3.63) is 29.3 Å². The van der Waals surface area contributed by atoms with Gasteiger partial charge >= 0.3 is 6.03 Å². The standard InChI is InChI=1S/C20H32N2O2/c1-6-16-9-7-8-12-22(16)19(23)21-14-24-18-11-10-15(2)13-17(18)20(3,4)5/h10-11,13,16H,6-9,12,14H2,1-5H3,(H,21,23). The van der Waals surface area contributed by atoms with Crippen LogP contribution >= 0.6 is 0 Å². The lowest BCUT2D eigenvalue weighted by Gasteiger charge is -2.35. The number of piperidine rings is 1. The van der Waals surface area contributed by atoms with E-state index >= 15 is 0 Å². The molecule has 1 heterocycles. The number of urea groups is 1. The van der Waals surface area contributed by atoms with E-state index in [4.69, 9.17) is 4.74 Å². The van der Waals surface area contributed by atoms with E-state index in [1.807, 2.05) is 17.0 Å². The van der Waals surface area contributed by atoms with Gasteiger partial charge in [0.1, 0.15) is 5.75 Å². The van der Waals surface area contributed by atoms with Crippen LogP contribution in [0.3, 0.4) is 0 Å². The summed E-state index contributed by atoms with van der Waals surface area (Å²) in [5.74, 6) is 0.846. The molecule has 4 nitrogen and oxygen atoms in total. The highest BCUT2D eigenvalue weighted by Gasteiger charge is 2.25. The van der Waals surface area contributed by atoms with Gasteiger partial charge in [-0.2, -0.15) is 0 Å². The number of carbonyl (C=O) groups excluding carboxylic acids is 1. The Bertz CT molecular complexity index is 563. The highest BCUT2D eigenvalue weighted by molar-refractivity contribution is 5.74. The van der Waals surface area contributed by atoms with Gasteiger partial charge in [-0.1, -0.05) is 45.4 Å². The van der Waals surface area contributed by atoms with Crippen molar-refractivity contribution >= 4 is 6.03 Å². The molecule has 1 aromatic rings. The zero-order chi connectivity index (χ0) is 17.7. The Morgan fingerprint density at radius 1 is 1.33 bits per heavy atom. The van der Waals surface area contributed by atoms with Crippen LogP contribution in [0.15, 0.2) is 18.2 Å². The Morgan fingerprint density at radius 2 is 2.08 bits per heavy atom. The van der Waals surface area contributed by atoms with Crippen molar-refractivity contribution in [3.8, 4) is 5.75 Å². The van der Waals surface area contributed by atoms with Crippen LogP contribution in [-0.2, 0) is 5.41 Å². The lowest BCUT2D eigenvalue weighted by atomic mass is 9.85. The number of nitrogens with zero attached hydrogens (tertiary/aromatic N) is 1. The molecule has 1 aromatic carbocycles. The predicted octanol–water partition coefficient (Wildman–Crippen LogP) is 4.60. The molecule has 0 radical (unpaired) electrons. The SMILES string of the molecule is CCC1CCCCN1C(=O)NCOc1ccc(C)cc1C(C)(C)C. The van der Waals surface area contributed by atoms with E-state index in [2.05, 4.69) is 46.0 Å². The molecular formula is C20H32N2O2. The van der Waals surface area contributed by atoms with E-state index in [9.17, 15) is 4.79 Å². The van der Waals surface area contributed by atoms with Crippen molar-refractivity contribution in [2.45, 2.75) is 71.8 Å². The highest BCUT2D eigenvalue weighted by atomic mass is 16.5. The fourth-order valence-corrected chi connectivity index (χ4v) is 3.33. The van der Waals surface area contributed by atoms with Crippen molar-refractivity contribution in [1.82, 2.24) is 10.2 Å². The maximum Gasteiger partial charge on any atom is 0.320 e. The molecule has 0 aliphatic carbocycles. The number of carbonyl (C=O) groups is 1. The zero-order valence-corrected chi connectivity index (χ0v) is 15.8. The van der Waals surface area contributed by atoms with E-state index < -0.39 is 0 Å². The van der Waals surface area contributed by atoms with Gasteiger partial charge in [0, 0.05) is 12.6 Å². The monoisotopic (exact) mass is 332 g/mol. The summed E-state index contributed by atoms with van der Waals surface area (Å²) < 4.78 is 5.89. The van der Waals surface area contributed by atoms with Crippen LogP contribution in [0.1, 0.15) is 64.5 Å². The number of rotatable bonds is 4. The fourth-order valence-electron chi connectivity index (χ4n) is 3.33. The molecule has 1 N–H and O–H groups in total. The van der Waals surface area contributed by atoms with Gasteiger partial charge in [0.2, 0.25) is 0 Å². The van der Waals surface area contributed by atoms with Gasteiger partial charge in [0.25, 0.3) is 0 Å². The van der Waals surface area contributed by atoms with Crippen molar-refractivity contribution in [2.24, 2.45) is 0 Å². The summed E-state index contributed by atoms with van der Waals surface area (Å²) in [5, 5.41) is 2.92. The Kier molecular flexibility index (Phi) is 6.14. The first-order valence-electron chi connectivity index (χ1n) is 9.11. The summed E-state index contributed by atoms with van der Waals surface area (Å²) >= 11 is 0. The first-order chi connectivity index (χ1) is 11.3. The average Bonchev–Trinajstić information content (AvgIpc) is 2.55. The lowest BCUT2D eigenvalue weighted by Crippen LogP contribution is -2.49. The molecular weight excluding hydrogens is 300 g/mol. The van der Waals surface area contributed by atoms with Crippen molar-refractivity contribution < 1.29 is 9.53 Å². The molecule has 1 saturated heterocycles. The second-order valence-corrected chi connectivity index (χ2v) is 7.77. The molecule has 24 heavy (non-hydrogen) atoms. The Labute approximate surface area is 146 Å². The van der Waals surface area contributed by atoms with Gasteiger partial charge in [0.05, 0.1) is 0 Å². The van der Waals surface area contributed by atoms with Gasteiger partial charge in [-0.3, -0.25) is 0 Å². The molecule has 1 unspecified atom stereocenters. The second-order valence-electron chi connectivity index (χ2n) is 7.77. The minimum absolute atomic E-state index is 0.00549. The highest BCUT2D eigenvalue weighted by Crippen LogP contribution is 2.32. The molecule has 1 aliphatic heterocycles. The van der Waals surface area contributed by atoms with E-state index in [0.717, 1.165) is 31.6 Å². The molecule has 0 bridgehead atoms. The van der Waals surface area contributed by atoms with E-state index in [1.165, 1.54) is 17.5 Å². The summed E-state index contributed by atoms with van der Waals surface area (Å²) in [6, 6.07) is 6.56. The van der Waals surface area contributed by atoms with Crippen molar-refractivity contribution in [1.29, 1.82) is 0 Å². The Hall–Kier alpha value is -1.71. The third-order valence-corrected chi connectivity index (χ3v) is 4.75. The topological polar surface area (TPSA) is 41.6 Å². The number of nitrogens with one attached hydrogen (secondary N) is 1. The number of benzene rings is 1. The number of hydrogen-bond donors (Lipinski definition) is 1. The Morgan fingerprint density at radius 3 is 2.75 bits per heavy atom. The number of ether oxygens (including phenoxy) is 1. The molecule has 134 valence electrons. The van der Waals surface area contributed by atoms with Crippen LogP contribution in [0.5, 0.6) is 5.75 Å². The first-order valence-corrected chi connectivity index (χ1v) is 9.11. The fraction of sp³-hybridized carbons (Fsp3) is 0.650. The van der Waals surface area contributed by atoms with Crippen LogP contribution in [0.25, 0.3) is 0 Å². The molecule has 4 heteroatoms. The molecule has 2 rings (SSSR count). The van der Waals surface area contributed by atoms with E-state index in [0.29, 0.717) is 6.04 Å². The second kappa shape index (κ2) is 7.91. The number of aryl methyl sites for hydroxylation is 1. The molecule has 0 aromatic heterocycles. The van der Waals surface area contributed by atoms with Crippen LogP contribution in [0.4, 0.5) is 4.79 Å². The number of likely N-dealkylation sites (tertiary alicyclic amines) is 1. The predicted molar refractivity (Wildman–Crippen MR) is 98.5 cm³/mol. The van der Waals surface area contributed by atoms with E-state index in [-0.39, 0.29) is 18.2 Å². The van der Waals surface area contributed by atoms with Gasteiger partial charge in [0.15, 0.2) is 6.73 Å². The minimum atomic E-state index is -0.00836. The molecule has 2 amide bonds. The third kappa shape index (κ3) is 4.65. The minimum Gasteiger partial charge on any atom is -0.473 e. The van der Waals surface area contributed by atoms with Gasteiger partial charge in [-0.15, -0.1) is 0 Å². The Balaban J connectivity index is 1.95. The molecule has 0 spiro atoms. The summed E-state index contributed by atoms with van der Waals surface area (Å²) in [6.07, 6.45) is 4.44. The maximum absolute atomic E-state index is 12.4. The lowest BCUT2D eigenvalue weighted by molar-refractivity contribution is 0.140. The number of hydrogen-bond acceptors (Lipinski definition) is 2. The molecule has 1 atom stereocenters. The molecule has 1 fully saturated rings. The number of amides is 2. The van der Waals surface area contributed by atoms with Crippen molar-refractivity contribution in [2.75, 3.05) is 13.3 Å². The summed E-state index contributed by atoms with van der Waals surface area (Å²) in [7, 11) is 0. The molecule has 0 saturated carbocycles. The smallest absolute Gasteiger partial charge is 0.320 e. The first kappa shape index (κ1) is 18.6. The quantitative estimate of drug-likeness (QED) is 0.819. The molecule has 1 aliphatic rings. The normalized spacial score (nSPS) is 18.4. The van der Waals surface area contributed by atoms with E-state index in [1.54, 1.807) is 0 Å². The van der Waals surface area contributed by atoms with Gasteiger partial charge in [-0.05, 0) is 49.7 Å². The van der Waals surface area contributed by atoms with Crippen molar-refractivity contribution in [3.63, 3.8) is 0 Å². The summed E-state index contributed by atoms with van der Waals surface area (Å²) in [6.45, 7) is 11.8. The summed E-state index contributed by atoms with van der Waals surface area (Å²) in [5.41, 5.74) is 2.39. The largest absolute Gasteiger partial charge is 0.473 e. The van der Waals surface area contributed by atoms with Gasteiger partial charge in [-0.25, -0.2) is 4.79 Å². The average molecular weight is 332 g/mol. The van der Waals surface area contributed by atoms with Crippen LogP contribution in [0, 0.1) is 6.92 Å².